The van der Waals surface area contributed by atoms with Crippen molar-refractivity contribution in [2.45, 2.75) is 11.7 Å². The fourth-order valence-corrected chi connectivity index (χ4v) is 3.78. The molecule has 0 spiro atoms. The molecule has 0 radical (unpaired) electrons. The van der Waals surface area contributed by atoms with Crippen LogP contribution in [0.4, 0.5) is 4.39 Å². The van der Waals surface area contributed by atoms with E-state index in [1.165, 1.54) is 18.6 Å². The van der Waals surface area contributed by atoms with E-state index in [2.05, 4.69) is 0 Å². The smallest absolute Gasteiger partial charge is 0.257 e. The van der Waals surface area contributed by atoms with Crippen LogP contribution in [0.5, 0.6) is 0 Å². The highest BCUT2D eigenvalue weighted by atomic mass is 32.2. The third-order valence-electron chi connectivity index (χ3n) is 3.65. The summed E-state index contributed by atoms with van der Waals surface area (Å²) in [7, 11) is 0. The first-order valence-electron chi connectivity index (χ1n) is 6.93. The number of benzene rings is 1. The minimum atomic E-state index is -0.162. The molecular formula is C16H16FNO2S. The third kappa shape index (κ3) is 3.13. The van der Waals surface area contributed by atoms with Gasteiger partial charge in [0.15, 0.2) is 0 Å². The van der Waals surface area contributed by atoms with Crippen LogP contribution in [0.3, 0.4) is 0 Å². The van der Waals surface area contributed by atoms with Crippen LogP contribution in [-0.4, -0.2) is 29.6 Å². The van der Waals surface area contributed by atoms with Gasteiger partial charge in [0.2, 0.25) is 0 Å². The van der Waals surface area contributed by atoms with Crippen LogP contribution in [-0.2, 0) is 0 Å². The molecule has 0 aliphatic carbocycles. The fourth-order valence-electron chi connectivity index (χ4n) is 2.53. The molecule has 2 aromatic rings. The Kier molecular flexibility index (Phi) is 4.29. The van der Waals surface area contributed by atoms with Crippen LogP contribution in [0.2, 0.25) is 0 Å². The molecule has 0 N–H and O–H groups in total. The average molecular weight is 305 g/mol. The number of nitrogens with zero attached hydrogens (tertiary/aromatic N) is 1. The second-order valence-electron chi connectivity index (χ2n) is 4.97. The molecule has 1 unspecified atom stereocenters. The highest BCUT2D eigenvalue weighted by molar-refractivity contribution is 7.99. The van der Waals surface area contributed by atoms with E-state index in [-0.39, 0.29) is 17.0 Å². The molecule has 3 nitrogen and oxygen atoms in total. The molecular weight excluding hydrogens is 289 g/mol. The number of halogens is 1. The molecule has 2 heterocycles. The van der Waals surface area contributed by atoms with E-state index in [1.807, 2.05) is 17.0 Å². The van der Waals surface area contributed by atoms with Gasteiger partial charge in [-0.3, -0.25) is 4.79 Å². The van der Waals surface area contributed by atoms with Gasteiger partial charge in [0.25, 0.3) is 5.91 Å². The topological polar surface area (TPSA) is 33.5 Å². The maximum absolute atomic E-state index is 13.9. The number of furan rings is 1. The highest BCUT2D eigenvalue weighted by Crippen LogP contribution is 2.35. The van der Waals surface area contributed by atoms with E-state index >= 15 is 0 Å². The maximum Gasteiger partial charge on any atom is 0.257 e. The zero-order chi connectivity index (χ0) is 14.7. The van der Waals surface area contributed by atoms with Crippen LogP contribution in [0, 0.1) is 5.82 Å². The Morgan fingerprint density at radius 3 is 2.90 bits per heavy atom. The largest absolute Gasteiger partial charge is 0.472 e. The van der Waals surface area contributed by atoms with Crippen molar-refractivity contribution in [2.24, 2.45) is 0 Å². The monoisotopic (exact) mass is 305 g/mol. The first kappa shape index (κ1) is 14.2. The van der Waals surface area contributed by atoms with Gasteiger partial charge < -0.3 is 9.32 Å². The van der Waals surface area contributed by atoms with Crippen molar-refractivity contribution >= 4 is 17.7 Å². The molecule has 3 rings (SSSR count). The van der Waals surface area contributed by atoms with Crippen molar-refractivity contribution in [1.29, 1.82) is 0 Å². The van der Waals surface area contributed by atoms with Crippen molar-refractivity contribution < 1.29 is 13.6 Å². The summed E-state index contributed by atoms with van der Waals surface area (Å²) in [6.07, 6.45) is 3.73. The van der Waals surface area contributed by atoms with Crippen LogP contribution in [0.1, 0.15) is 27.6 Å². The Balaban J connectivity index is 1.70. The summed E-state index contributed by atoms with van der Waals surface area (Å²) >= 11 is 1.71. The summed E-state index contributed by atoms with van der Waals surface area (Å²) in [5.74, 6) is 0.630. The van der Waals surface area contributed by atoms with Crippen molar-refractivity contribution in [1.82, 2.24) is 4.90 Å². The van der Waals surface area contributed by atoms with Gasteiger partial charge in [-0.1, -0.05) is 18.2 Å². The van der Waals surface area contributed by atoms with E-state index in [1.54, 1.807) is 23.9 Å². The van der Waals surface area contributed by atoms with Gasteiger partial charge in [-0.15, -0.1) is 0 Å². The molecule has 0 saturated carbocycles. The van der Waals surface area contributed by atoms with Crippen molar-refractivity contribution in [3.63, 3.8) is 0 Å². The van der Waals surface area contributed by atoms with E-state index in [9.17, 15) is 9.18 Å². The van der Waals surface area contributed by atoms with Gasteiger partial charge in [-0.2, -0.15) is 11.8 Å². The van der Waals surface area contributed by atoms with Crippen molar-refractivity contribution in [2.75, 3.05) is 18.8 Å². The van der Waals surface area contributed by atoms with Gasteiger partial charge >= 0.3 is 0 Å². The second kappa shape index (κ2) is 6.35. The molecule has 1 fully saturated rings. The summed E-state index contributed by atoms with van der Waals surface area (Å²) in [5.41, 5.74) is 1.31. The molecule has 1 aromatic carbocycles. The Labute approximate surface area is 127 Å². The molecule has 1 aliphatic rings. The minimum absolute atomic E-state index is 0.0152. The Morgan fingerprint density at radius 1 is 1.29 bits per heavy atom. The quantitative estimate of drug-likeness (QED) is 0.847. The van der Waals surface area contributed by atoms with Crippen molar-refractivity contribution in [3.05, 3.63) is 59.8 Å². The zero-order valence-electron chi connectivity index (χ0n) is 11.5. The molecule has 1 atom stereocenters. The van der Waals surface area contributed by atoms with Gasteiger partial charge in [0.05, 0.1) is 11.8 Å². The van der Waals surface area contributed by atoms with Crippen LogP contribution in [0.25, 0.3) is 0 Å². The zero-order valence-corrected chi connectivity index (χ0v) is 12.3. The first-order chi connectivity index (χ1) is 10.3. The normalized spacial score (nSPS) is 19.3. The third-order valence-corrected chi connectivity index (χ3v) is 4.96. The van der Waals surface area contributed by atoms with E-state index in [0.717, 1.165) is 17.7 Å². The van der Waals surface area contributed by atoms with Crippen molar-refractivity contribution in [3.8, 4) is 0 Å². The van der Waals surface area contributed by atoms with Gasteiger partial charge in [-0.05, 0) is 18.6 Å². The highest BCUT2D eigenvalue weighted by Gasteiger charge is 2.24. The molecule has 1 saturated heterocycles. The average Bonchev–Trinajstić information content (AvgIpc) is 2.92. The SMILES string of the molecule is O=C(c1ccoc1)N1CCSC(c2ccccc2F)CC1. The predicted octanol–water partition coefficient (Wildman–Crippen LogP) is 3.74. The number of carbonyl (C=O) groups is 1. The summed E-state index contributed by atoms with van der Waals surface area (Å²) in [6, 6.07) is 8.57. The van der Waals surface area contributed by atoms with E-state index in [0.29, 0.717) is 18.7 Å². The van der Waals surface area contributed by atoms with Gasteiger partial charge in [-0.25, -0.2) is 4.39 Å². The van der Waals surface area contributed by atoms with Gasteiger partial charge in [0, 0.05) is 29.7 Å². The Hall–Kier alpha value is -1.75. The summed E-state index contributed by atoms with van der Waals surface area (Å²) < 4.78 is 18.8. The Morgan fingerprint density at radius 2 is 2.14 bits per heavy atom. The number of thioether (sulfide) groups is 1. The fraction of sp³-hybridized carbons (Fsp3) is 0.312. The molecule has 1 aromatic heterocycles. The van der Waals surface area contributed by atoms with E-state index in [4.69, 9.17) is 4.42 Å². The molecule has 1 amide bonds. The lowest BCUT2D eigenvalue weighted by Gasteiger charge is -2.19. The number of amides is 1. The first-order valence-corrected chi connectivity index (χ1v) is 7.98. The second-order valence-corrected chi connectivity index (χ2v) is 6.28. The molecule has 1 aliphatic heterocycles. The predicted molar refractivity (Wildman–Crippen MR) is 80.8 cm³/mol. The summed E-state index contributed by atoms with van der Waals surface area (Å²) in [4.78, 5) is 14.1. The van der Waals surface area contributed by atoms with Gasteiger partial charge in [0.1, 0.15) is 12.1 Å². The number of rotatable bonds is 2. The Bertz CT molecular complexity index is 614. The summed E-state index contributed by atoms with van der Waals surface area (Å²) in [5, 5.41) is 0.105. The van der Waals surface area contributed by atoms with E-state index < -0.39 is 0 Å². The molecule has 0 bridgehead atoms. The van der Waals surface area contributed by atoms with Crippen LogP contribution in [0.15, 0.2) is 47.3 Å². The number of hydrogen-bond acceptors (Lipinski definition) is 3. The van der Waals surface area contributed by atoms with Crippen LogP contribution >= 0.6 is 11.8 Å². The lowest BCUT2D eigenvalue weighted by atomic mass is 10.1. The lowest BCUT2D eigenvalue weighted by Crippen LogP contribution is -2.32. The minimum Gasteiger partial charge on any atom is -0.472 e. The number of carbonyl (C=O) groups excluding carboxylic acids is 1. The molecule has 5 heteroatoms. The standard InChI is InChI=1S/C16H16FNO2S/c17-14-4-2-1-3-13(14)15-5-7-18(8-10-21-15)16(19)12-6-9-20-11-12/h1-4,6,9,11,15H,5,7-8,10H2. The summed E-state index contributed by atoms with van der Waals surface area (Å²) in [6.45, 7) is 1.32. The number of hydrogen-bond donors (Lipinski definition) is 0. The van der Waals surface area contributed by atoms with Crippen LogP contribution < -0.4 is 0 Å². The lowest BCUT2D eigenvalue weighted by molar-refractivity contribution is 0.0766. The molecule has 110 valence electrons. The molecule has 21 heavy (non-hydrogen) atoms. The maximum atomic E-state index is 13.9.